The van der Waals surface area contributed by atoms with Crippen molar-refractivity contribution in [3.63, 3.8) is 0 Å². The van der Waals surface area contributed by atoms with E-state index in [0.717, 1.165) is 5.57 Å². The van der Waals surface area contributed by atoms with Gasteiger partial charge in [-0.3, -0.25) is 4.79 Å². The van der Waals surface area contributed by atoms with Crippen molar-refractivity contribution in [2.45, 2.75) is 85.2 Å². The standard InChI is InChI=1S/C22H37NO6S/c1-15(2)28-20(26)27-14-30-17-9-10-23(18(24)12-21(3,4)5)13-16(17)11-19(25)29-22(6,7)8/h11,15,17H,9-10,12-14H2,1-8H3/b16-11+. The number of amides is 1. The Morgan fingerprint density at radius 1 is 1.17 bits per heavy atom. The second-order valence-corrected chi connectivity index (χ2v) is 11.1. The smallest absolute Gasteiger partial charge is 0.457 e. The Balaban J connectivity index is 2.84. The number of esters is 1. The number of thioether (sulfide) groups is 1. The summed E-state index contributed by atoms with van der Waals surface area (Å²) in [7, 11) is 0. The number of rotatable bonds is 6. The summed E-state index contributed by atoms with van der Waals surface area (Å²) in [5, 5.41) is -0.0527. The predicted molar refractivity (Wildman–Crippen MR) is 118 cm³/mol. The van der Waals surface area contributed by atoms with Crippen LogP contribution < -0.4 is 0 Å². The molecule has 0 radical (unpaired) electrons. The Hall–Kier alpha value is -1.70. The van der Waals surface area contributed by atoms with Crippen molar-refractivity contribution >= 4 is 29.8 Å². The Morgan fingerprint density at radius 3 is 2.33 bits per heavy atom. The fraction of sp³-hybridized carbons (Fsp3) is 0.773. The van der Waals surface area contributed by atoms with Gasteiger partial charge in [-0.25, -0.2) is 9.59 Å². The first kappa shape index (κ1) is 26.3. The van der Waals surface area contributed by atoms with E-state index in [-0.39, 0.29) is 28.6 Å². The Kier molecular flexibility index (Phi) is 9.72. The molecule has 0 spiro atoms. The van der Waals surface area contributed by atoms with Crippen LogP contribution in [0.3, 0.4) is 0 Å². The largest absolute Gasteiger partial charge is 0.509 e. The molecule has 0 bridgehead atoms. The van der Waals surface area contributed by atoms with E-state index in [1.807, 2.05) is 41.5 Å². The minimum Gasteiger partial charge on any atom is -0.457 e. The van der Waals surface area contributed by atoms with Gasteiger partial charge in [0, 0.05) is 30.8 Å². The first-order chi connectivity index (χ1) is 13.7. The quantitative estimate of drug-likeness (QED) is 0.338. The van der Waals surface area contributed by atoms with Gasteiger partial charge in [0.1, 0.15) is 11.5 Å². The zero-order valence-corrected chi connectivity index (χ0v) is 20.4. The van der Waals surface area contributed by atoms with E-state index in [1.165, 1.54) is 17.8 Å². The monoisotopic (exact) mass is 443 g/mol. The van der Waals surface area contributed by atoms with Crippen molar-refractivity contribution in [3.05, 3.63) is 11.6 Å². The van der Waals surface area contributed by atoms with E-state index >= 15 is 0 Å². The molecule has 0 aromatic rings. The Bertz CT molecular complexity index is 645. The molecule has 0 aromatic heterocycles. The second kappa shape index (κ2) is 11.1. The van der Waals surface area contributed by atoms with Gasteiger partial charge in [-0.05, 0) is 52.0 Å². The summed E-state index contributed by atoms with van der Waals surface area (Å²) in [6, 6.07) is 0. The van der Waals surface area contributed by atoms with Crippen LogP contribution in [-0.2, 0) is 23.8 Å². The number of piperidine rings is 1. The van der Waals surface area contributed by atoms with Crippen LogP contribution in [0.15, 0.2) is 11.6 Å². The molecule has 7 nitrogen and oxygen atoms in total. The summed E-state index contributed by atoms with van der Waals surface area (Å²) in [6.07, 6.45) is 1.62. The second-order valence-electron chi connectivity index (χ2n) is 9.93. The van der Waals surface area contributed by atoms with Gasteiger partial charge in [-0.15, -0.1) is 11.8 Å². The summed E-state index contributed by atoms with van der Waals surface area (Å²) < 4.78 is 15.5. The maximum absolute atomic E-state index is 12.7. The third-order valence-corrected chi connectivity index (χ3v) is 5.17. The topological polar surface area (TPSA) is 82.1 Å². The maximum atomic E-state index is 12.7. The zero-order valence-electron chi connectivity index (χ0n) is 19.6. The third-order valence-electron chi connectivity index (χ3n) is 3.97. The van der Waals surface area contributed by atoms with Crippen molar-refractivity contribution in [2.24, 2.45) is 5.41 Å². The number of nitrogens with zero attached hydrogens (tertiary/aromatic N) is 1. The number of carbonyl (C=O) groups is 3. The van der Waals surface area contributed by atoms with Crippen molar-refractivity contribution in [2.75, 3.05) is 19.0 Å². The summed E-state index contributed by atoms with van der Waals surface area (Å²) >= 11 is 1.41. The minimum absolute atomic E-state index is 0.0527. The molecule has 1 rings (SSSR count). The fourth-order valence-corrected chi connectivity index (χ4v) is 3.80. The highest BCUT2D eigenvalue weighted by molar-refractivity contribution is 7.99. The molecule has 1 aliphatic heterocycles. The normalized spacial score (nSPS) is 19.0. The summed E-state index contributed by atoms with van der Waals surface area (Å²) in [6.45, 7) is 16.0. The van der Waals surface area contributed by atoms with Crippen molar-refractivity contribution in [3.8, 4) is 0 Å². The van der Waals surface area contributed by atoms with Gasteiger partial charge in [0.25, 0.3) is 0 Å². The number of likely N-dealkylation sites (tertiary alicyclic amines) is 1. The lowest BCUT2D eigenvalue weighted by molar-refractivity contribution is -0.148. The molecule has 30 heavy (non-hydrogen) atoms. The maximum Gasteiger partial charge on any atom is 0.509 e. The number of ether oxygens (including phenoxy) is 3. The van der Waals surface area contributed by atoms with Crippen molar-refractivity contribution in [1.29, 1.82) is 0 Å². The van der Waals surface area contributed by atoms with Gasteiger partial charge in [-0.1, -0.05) is 20.8 Å². The molecule has 1 aliphatic rings. The highest BCUT2D eigenvalue weighted by atomic mass is 32.2. The fourth-order valence-electron chi connectivity index (χ4n) is 2.84. The Labute approximate surface area is 184 Å². The van der Waals surface area contributed by atoms with E-state index in [4.69, 9.17) is 14.2 Å². The van der Waals surface area contributed by atoms with Gasteiger partial charge in [0.15, 0.2) is 0 Å². The van der Waals surface area contributed by atoms with Crippen LogP contribution in [0.2, 0.25) is 0 Å². The lowest BCUT2D eigenvalue weighted by Crippen LogP contribution is -2.42. The molecule has 1 atom stereocenters. The predicted octanol–water partition coefficient (Wildman–Crippen LogP) is 4.54. The summed E-state index contributed by atoms with van der Waals surface area (Å²) in [5.74, 6) is -0.260. The van der Waals surface area contributed by atoms with Crippen LogP contribution in [-0.4, -0.2) is 58.9 Å². The third kappa shape index (κ3) is 10.9. The molecule has 0 N–H and O–H groups in total. The SMILES string of the molecule is CC(C)OC(=O)OCSC1CCN(C(=O)CC(C)(C)C)C/C1=C\C(=O)OC(C)(C)C. The van der Waals surface area contributed by atoms with E-state index in [2.05, 4.69) is 0 Å². The van der Waals surface area contributed by atoms with Crippen LogP contribution in [0, 0.1) is 5.41 Å². The van der Waals surface area contributed by atoms with E-state index in [1.54, 1.807) is 18.7 Å². The number of carbonyl (C=O) groups excluding carboxylic acids is 3. The first-order valence-corrected chi connectivity index (χ1v) is 11.4. The molecule has 0 aromatic carbocycles. The number of hydrogen-bond acceptors (Lipinski definition) is 7. The molecule has 172 valence electrons. The molecule has 1 heterocycles. The van der Waals surface area contributed by atoms with E-state index in [9.17, 15) is 14.4 Å². The molecule has 1 fully saturated rings. The molecule has 0 aliphatic carbocycles. The van der Waals surface area contributed by atoms with Crippen LogP contribution in [0.5, 0.6) is 0 Å². The van der Waals surface area contributed by atoms with Gasteiger partial charge in [0.2, 0.25) is 5.91 Å². The average Bonchev–Trinajstić information content (AvgIpc) is 2.51. The molecule has 1 unspecified atom stereocenters. The summed E-state index contributed by atoms with van der Waals surface area (Å²) in [5.41, 5.74) is 0.0859. The molecule has 1 saturated heterocycles. The van der Waals surface area contributed by atoms with E-state index in [0.29, 0.717) is 25.9 Å². The van der Waals surface area contributed by atoms with Gasteiger partial charge < -0.3 is 19.1 Å². The highest BCUT2D eigenvalue weighted by Crippen LogP contribution is 2.30. The van der Waals surface area contributed by atoms with Crippen LogP contribution in [0.4, 0.5) is 4.79 Å². The molecule has 1 amide bonds. The van der Waals surface area contributed by atoms with Gasteiger partial charge in [0.05, 0.1) is 6.10 Å². The molecule has 8 heteroatoms. The van der Waals surface area contributed by atoms with Crippen molar-refractivity contribution in [1.82, 2.24) is 4.90 Å². The first-order valence-electron chi connectivity index (χ1n) is 10.3. The lowest BCUT2D eigenvalue weighted by atomic mass is 9.91. The molecular formula is C22H37NO6S. The van der Waals surface area contributed by atoms with Gasteiger partial charge in [-0.2, -0.15) is 0 Å². The summed E-state index contributed by atoms with van der Waals surface area (Å²) in [4.78, 5) is 38.4. The van der Waals surface area contributed by atoms with E-state index < -0.39 is 17.7 Å². The minimum atomic E-state index is -0.715. The van der Waals surface area contributed by atoms with Crippen molar-refractivity contribution < 1.29 is 28.6 Å². The highest BCUT2D eigenvalue weighted by Gasteiger charge is 2.30. The Morgan fingerprint density at radius 2 is 1.80 bits per heavy atom. The molecular weight excluding hydrogens is 406 g/mol. The average molecular weight is 444 g/mol. The van der Waals surface area contributed by atoms with Crippen LogP contribution >= 0.6 is 11.8 Å². The zero-order chi connectivity index (χ0) is 23.1. The van der Waals surface area contributed by atoms with Crippen LogP contribution in [0.25, 0.3) is 0 Å². The number of hydrogen-bond donors (Lipinski definition) is 0. The van der Waals surface area contributed by atoms with Gasteiger partial charge >= 0.3 is 12.1 Å². The molecule has 0 saturated carbocycles. The lowest BCUT2D eigenvalue weighted by Gasteiger charge is -2.35. The van der Waals surface area contributed by atoms with Crippen LogP contribution in [0.1, 0.15) is 68.2 Å².